The van der Waals surface area contributed by atoms with Crippen LogP contribution in [-0.4, -0.2) is 36.9 Å². The number of methoxy groups -OCH3 is 1. The number of nitrogens with one attached hydrogen (secondary N) is 1. The van der Waals surface area contributed by atoms with Gasteiger partial charge in [-0.05, 0) is 73.9 Å². The third kappa shape index (κ3) is 5.52. The lowest BCUT2D eigenvalue weighted by molar-refractivity contribution is 0.0859. The number of ether oxygens (including phenoxy) is 2. The van der Waals surface area contributed by atoms with Crippen molar-refractivity contribution in [1.82, 2.24) is 4.90 Å². The van der Waals surface area contributed by atoms with E-state index in [1.165, 1.54) is 0 Å². The molecule has 1 heterocycles. The van der Waals surface area contributed by atoms with Crippen LogP contribution in [0.1, 0.15) is 28.8 Å². The standard InChI is InChI=1S/C27H28N2O4/c1-19-6-5-7-23(18-19)33-25-9-4-3-8-24(25)28-27(31)29-16-14-21(15-17-29)26(30)20-10-12-22(32-2)13-11-20/h3-13,18,21H,14-17H2,1-2H3,(H,28,31). The van der Waals surface area contributed by atoms with E-state index in [9.17, 15) is 9.59 Å². The zero-order chi connectivity index (χ0) is 23.2. The van der Waals surface area contributed by atoms with Crippen LogP contribution in [0.15, 0.2) is 72.8 Å². The maximum atomic E-state index is 12.9. The van der Waals surface area contributed by atoms with Gasteiger partial charge in [0.25, 0.3) is 0 Å². The molecule has 170 valence electrons. The Hall–Kier alpha value is -3.80. The van der Waals surface area contributed by atoms with Gasteiger partial charge in [0, 0.05) is 24.6 Å². The summed E-state index contributed by atoms with van der Waals surface area (Å²) in [5.41, 5.74) is 2.39. The molecule has 1 saturated heterocycles. The quantitative estimate of drug-likeness (QED) is 0.479. The van der Waals surface area contributed by atoms with Crippen molar-refractivity contribution in [2.24, 2.45) is 5.92 Å². The molecule has 0 aliphatic carbocycles. The molecule has 0 unspecified atom stereocenters. The van der Waals surface area contributed by atoms with Crippen LogP contribution in [0.4, 0.5) is 10.5 Å². The first-order valence-electron chi connectivity index (χ1n) is 11.1. The Kier molecular flexibility index (Phi) is 6.93. The first kappa shape index (κ1) is 22.4. The van der Waals surface area contributed by atoms with E-state index < -0.39 is 0 Å². The number of ketones is 1. The van der Waals surface area contributed by atoms with Gasteiger partial charge in [-0.3, -0.25) is 4.79 Å². The number of hydrogen-bond acceptors (Lipinski definition) is 4. The van der Waals surface area contributed by atoms with Crippen molar-refractivity contribution in [2.45, 2.75) is 19.8 Å². The molecule has 3 aromatic rings. The number of benzene rings is 3. The maximum absolute atomic E-state index is 12.9. The molecule has 0 bridgehead atoms. The number of urea groups is 1. The monoisotopic (exact) mass is 444 g/mol. The molecule has 33 heavy (non-hydrogen) atoms. The van der Waals surface area contributed by atoms with Crippen molar-refractivity contribution < 1.29 is 19.1 Å². The zero-order valence-electron chi connectivity index (χ0n) is 18.9. The van der Waals surface area contributed by atoms with Crippen molar-refractivity contribution >= 4 is 17.5 Å². The summed E-state index contributed by atoms with van der Waals surface area (Å²) >= 11 is 0. The molecule has 2 amide bonds. The molecule has 0 spiro atoms. The number of carbonyl (C=O) groups excluding carboxylic acids is 2. The highest BCUT2D eigenvalue weighted by Crippen LogP contribution is 2.30. The highest BCUT2D eigenvalue weighted by Gasteiger charge is 2.28. The number of carbonyl (C=O) groups is 2. The fraction of sp³-hybridized carbons (Fsp3) is 0.259. The van der Waals surface area contributed by atoms with Gasteiger partial charge in [-0.2, -0.15) is 0 Å². The Morgan fingerprint density at radius 1 is 0.909 bits per heavy atom. The number of hydrogen-bond donors (Lipinski definition) is 1. The second-order valence-corrected chi connectivity index (χ2v) is 8.20. The fourth-order valence-corrected chi connectivity index (χ4v) is 3.99. The topological polar surface area (TPSA) is 67.9 Å². The molecule has 6 heteroatoms. The molecular weight excluding hydrogens is 416 g/mol. The first-order valence-corrected chi connectivity index (χ1v) is 11.1. The second-order valence-electron chi connectivity index (χ2n) is 8.20. The average molecular weight is 445 g/mol. The largest absolute Gasteiger partial charge is 0.497 e. The molecule has 1 aliphatic heterocycles. The van der Waals surface area contributed by atoms with Crippen LogP contribution in [-0.2, 0) is 0 Å². The Labute approximate surface area is 194 Å². The summed E-state index contributed by atoms with van der Waals surface area (Å²) < 4.78 is 11.2. The molecular formula is C27H28N2O4. The van der Waals surface area contributed by atoms with Gasteiger partial charge < -0.3 is 19.7 Å². The molecule has 3 aromatic carbocycles. The lowest BCUT2D eigenvalue weighted by atomic mass is 9.89. The van der Waals surface area contributed by atoms with Crippen LogP contribution < -0.4 is 14.8 Å². The SMILES string of the molecule is COc1ccc(C(=O)C2CCN(C(=O)Nc3ccccc3Oc3cccc(C)c3)CC2)cc1. The summed E-state index contributed by atoms with van der Waals surface area (Å²) in [6.45, 7) is 3.06. The third-order valence-electron chi connectivity index (χ3n) is 5.87. The minimum Gasteiger partial charge on any atom is -0.497 e. The molecule has 1 aliphatic rings. The van der Waals surface area contributed by atoms with E-state index in [0.29, 0.717) is 42.9 Å². The van der Waals surface area contributed by atoms with Gasteiger partial charge in [-0.1, -0.05) is 24.3 Å². The number of rotatable bonds is 6. The summed E-state index contributed by atoms with van der Waals surface area (Å²) in [5, 5.41) is 2.97. The van der Waals surface area contributed by atoms with Crippen LogP contribution in [0.2, 0.25) is 0 Å². The van der Waals surface area contributed by atoms with Crippen LogP contribution in [0.25, 0.3) is 0 Å². The van der Waals surface area contributed by atoms with Gasteiger partial charge in [0.1, 0.15) is 11.5 Å². The molecule has 0 radical (unpaired) electrons. The highest BCUT2D eigenvalue weighted by molar-refractivity contribution is 5.98. The van der Waals surface area contributed by atoms with Crippen LogP contribution in [0.3, 0.4) is 0 Å². The number of likely N-dealkylation sites (tertiary alicyclic amines) is 1. The second kappa shape index (κ2) is 10.2. The van der Waals surface area contributed by atoms with E-state index in [2.05, 4.69) is 5.32 Å². The van der Waals surface area contributed by atoms with E-state index in [0.717, 1.165) is 17.1 Å². The van der Waals surface area contributed by atoms with Crippen molar-refractivity contribution in [1.29, 1.82) is 0 Å². The molecule has 0 saturated carbocycles. The Balaban J connectivity index is 1.35. The molecule has 1 fully saturated rings. The summed E-state index contributed by atoms with van der Waals surface area (Å²) in [4.78, 5) is 27.5. The fourth-order valence-electron chi connectivity index (χ4n) is 3.99. The number of amides is 2. The van der Waals surface area contributed by atoms with Gasteiger partial charge in [-0.15, -0.1) is 0 Å². The van der Waals surface area contributed by atoms with Gasteiger partial charge in [-0.25, -0.2) is 4.79 Å². The summed E-state index contributed by atoms with van der Waals surface area (Å²) in [6, 6.07) is 22.2. The van der Waals surface area contributed by atoms with Gasteiger partial charge >= 0.3 is 6.03 Å². The van der Waals surface area contributed by atoms with E-state index in [4.69, 9.17) is 9.47 Å². The smallest absolute Gasteiger partial charge is 0.321 e. The van der Waals surface area contributed by atoms with E-state index >= 15 is 0 Å². The predicted molar refractivity (Wildman–Crippen MR) is 128 cm³/mol. The number of nitrogens with zero attached hydrogens (tertiary/aromatic N) is 1. The normalized spacial score (nSPS) is 13.9. The Morgan fingerprint density at radius 2 is 1.64 bits per heavy atom. The number of piperidine rings is 1. The van der Waals surface area contributed by atoms with Gasteiger partial charge in [0.2, 0.25) is 0 Å². The molecule has 1 N–H and O–H groups in total. The van der Waals surface area contributed by atoms with Crippen molar-refractivity contribution in [3.8, 4) is 17.2 Å². The average Bonchev–Trinajstić information content (AvgIpc) is 2.85. The number of anilines is 1. The molecule has 6 nitrogen and oxygen atoms in total. The minimum atomic E-state index is -0.189. The lowest BCUT2D eigenvalue weighted by Gasteiger charge is -2.31. The number of aryl methyl sites for hydroxylation is 1. The van der Waals surface area contributed by atoms with E-state index in [1.807, 2.05) is 55.5 Å². The Bertz CT molecular complexity index is 1120. The lowest BCUT2D eigenvalue weighted by Crippen LogP contribution is -2.42. The van der Waals surface area contributed by atoms with Crippen LogP contribution in [0.5, 0.6) is 17.2 Å². The minimum absolute atomic E-state index is 0.0839. The van der Waals surface area contributed by atoms with Crippen molar-refractivity contribution in [3.05, 3.63) is 83.9 Å². The van der Waals surface area contributed by atoms with E-state index in [-0.39, 0.29) is 17.7 Å². The summed E-state index contributed by atoms with van der Waals surface area (Å²) in [5.74, 6) is 2.06. The van der Waals surface area contributed by atoms with Crippen LogP contribution in [0, 0.1) is 12.8 Å². The number of Topliss-reactive ketones (excluding diaryl/α,β-unsaturated/α-hetero) is 1. The van der Waals surface area contributed by atoms with E-state index in [1.54, 1.807) is 36.3 Å². The molecule has 0 aromatic heterocycles. The summed E-state index contributed by atoms with van der Waals surface area (Å²) in [7, 11) is 1.60. The third-order valence-corrected chi connectivity index (χ3v) is 5.87. The number of para-hydroxylation sites is 2. The van der Waals surface area contributed by atoms with Crippen molar-refractivity contribution in [2.75, 3.05) is 25.5 Å². The Morgan fingerprint density at radius 3 is 2.33 bits per heavy atom. The maximum Gasteiger partial charge on any atom is 0.321 e. The van der Waals surface area contributed by atoms with Crippen molar-refractivity contribution in [3.63, 3.8) is 0 Å². The van der Waals surface area contributed by atoms with Gasteiger partial charge in [0.15, 0.2) is 11.5 Å². The predicted octanol–water partition coefficient (Wildman–Crippen LogP) is 5.92. The molecule has 0 atom stereocenters. The van der Waals surface area contributed by atoms with Gasteiger partial charge in [0.05, 0.1) is 12.8 Å². The van der Waals surface area contributed by atoms with Crippen LogP contribution >= 0.6 is 0 Å². The zero-order valence-corrected chi connectivity index (χ0v) is 18.9. The first-order chi connectivity index (χ1) is 16.0. The summed E-state index contributed by atoms with van der Waals surface area (Å²) in [6.07, 6.45) is 1.28. The molecule has 4 rings (SSSR count). The highest BCUT2D eigenvalue weighted by atomic mass is 16.5.